The van der Waals surface area contributed by atoms with E-state index >= 15 is 0 Å². The molecule has 3 aromatic heterocycles. The van der Waals surface area contributed by atoms with Crippen LogP contribution in [-0.2, 0) is 6.42 Å². The molecule has 6 nitrogen and oxygen atoms in total. The summed E-state index contributed by atoms with van der Waals surface area (Å²) in [5.74, 6) is 0.996. The van der Waals surface area contributed by atoms with Crippen LogP contribution in [0.25, 0.3) is 27.4 Å². The SMILES string of the molecule is CCc1ccc(-n2c(SC(C)c3nnc(-c4cccs4)o3)nc3ccccc3c2=O)cc1. The molecule has 5 aromatic rings. The Morgan fingerprint density at radius 3 is 2.62 bits per heavy atom. The molecule has 1 unspecified atom stereocenters. The number of thioether (sulfide) groups is 1. The fourth-order valence-electron chi connectivity index (χ4n) is 3.41. The number of aromatic nitrogens is 4. The van der Waals surface area contributed by atoms with Crippen LogP contribution in [0.3, 0.4) is 0 Å². The van der Waals surface area contributed by atoms with Crippen molar-refractivity contribution in [3.63, 3.8) is 0 Å². The Morgan fingerprint density at radius 2 is 1.88 bits per heavy atom. The van der Waals surface area contributed by atoms with E-state index < -0.39 is 0 Å². The van der Waals surface area contributed by atoms with Gasteiger partial charge in [-0.1, -0.05) is 49.0 Å². The number of hydrogen-bond donors (Lipinski definition) is 0. The molecule has 0 spiro atoms. The highest BCUT2D eigenvalue weighted by Gasteiger charge is 2.21. The molecule has 160 valence electrons. The van der Waals surface area contributed by atoms with Gasteiger partial charge in [0.2, 0.25) is 5.89 Å². The zero-order chi connectivity index (χ0) is 22.1. The second-order valence-corrected chi connectivity index (χ2v) is 9.51. The lowest BCUT2D eigenvalue weighted by Gasteiger charge is -2.15. The molecule has 0 aliphatic rings. The van der Waals surface area contributed by atoms with Crippen molar-refractivity contribution in [2.24, 2.45) is 0 Å². The second-order valence-electron chi connectivity index (χ2n) is 7.25. The summed E-state index contributed by atoms with van der Waals surface area (Å²) in [4.78, 5) is 19.2. The third-order valence-electron chi connectivity index (χ3n) is 5.15. The average molecular weight is 461 g/mol. The Balaban J connectivity index is 1.57. The van der Waals surface area contributed by atoms with Gasteiger partial charge in [0.05, 0.1) is 26.7 Å². The molecule has 0 N–H and O–H groups in total. The normalized spacial score (nSPS) is 12.3. The van der Waals surface area contributed by atoms with Gasteiger partial charge in [-0.15, -0.1) is 21.5 Å². The zero-order valence-electron chi connectivity index (χ0n) is 17.6. The smallest absolute Gasteiger partial charge is 0.266 e. The highest BCUT2D eigenvalue weighted by Crippen LogP contribution is 2.35. The summed E-state index contributed by atoms with van der Waals surface area (Å²) in [6, 6.07) is 19.3. The van der Waals surface area contributed by atoms with Crippen molar-refractivity contribution in [2.45, 2.75) is 30.7 Å². The van der Waals surface area contributed by atoms with Gasteiger partial charge in [-0.05, 0) is 54.6 Å². The maximum Gasteiger partial charge on any atom is 0.266 e. The molecule has 3 heterocycles. The maximum atomic E-state index is 13.4. The molecule has 0 bridgehead atoms. The summed E-state index contributed by atoms with van der Waals surface area (Å²) in [7, 11) is 0. The molecule has 0 amide bonds. The Kier molecular flexibility index (Phi) is 5.63. The molecule has 0 aliphatic carbocycles. The van der Waals surface area contributed by atoms with E-state index in [4.69, 9.17) is 9.40 Å². The first kappa shape index (κ1) is 20.7. The van der Waals surface area contributed by atoms with Crippen LogP contribution < -0.4 is 5.56 Å². The molecule has 0 saturated heterocycles. The number of rotatable bonds is 6. The number of hydrogen-bond acceptors (Lipinski definition) is 7. The number of benzene rings is 2. The molecule has 0 saturated carbocycles. The van der Waals surface area contributed by atoms with Gasteiger partial charge in [-0.3, -0.25) is 9.36 Å². The fraction of sp³-hybridized carbons (Fsp3) is 0.167. The van der Waals surface area contributed by atoms with Gasteiger partial charge >= 0.3 is 0 Å². The quantitative estimate of drug-likeness (QED) is 0.232. The predicted octanol–water partition coefficient (Wildman–Crippen LogP) is 5.91. The standard InChI is InChI=1S/C24H20N4O2S2/c1-3-16-10-12-17(13-11-16)28-23(29)18-7-4-5-8-19(18)25-24(28)32-15(2)21-26-27-22(30-21)20-9-6-14-31-20/h4-15H,3H2,1-2H3. The minimum atomic E-state index is -0.189. The first-order valence-electron chi connectivity index (χ1n) is 10.3. The van der Waals surface area contributed by atoms with Gasteiger partial charge in [0.25, 0.3) is 11.4 Å². The minimum absolute atomic E-state index is 0.0978. The Labute approximate surface area is 193 Å². The summed E-state index contributed by atoms with van der Waals surface area (Å²) in [6.07, 6.45) is 0.938. The van der Waals surface area contributed by atoms with Crippen molar-refractivity contribution < 1.29 is 4.42 Å². The molecular formula is C24H20N4O2S2. The van der Waals surface area contributed by atoms with Crippen LogP contribution in [0.4, 0.5) is 0 Å². The first-order chi connectivity index (χ1) is 15.6. The molecule has 2 aromatic carbocycles. The Hall–Kier alpha value is -3.23. The van der Waals surface area contributed by atoms with Crippen LogP contribution in [0.1, 0.15) is 30.6 Å². The van der Waals surface area contributed by atoms with E-state index in [2.05, 4.69) is 17.1 Å². The van der Waals surface area contributed by atoms with Crippen LogP contribution in [0, 0.1) is 0 Å². The largest absolute Gasteiger partial charge is 0.419 e. The number of fused-ring (bicyclic) bond motifs is 1. The molecule has 0 fully saturated rings. The van der Waals surface area contributed by atoms with Crippen LogP contribution >= 0.6 is 23.1 Å². The summed E-state index contributed by atoms with van der Waals surface area (Å²) in [6.45, 7) is 4.08. The van der Waals surface area contributed by atoms with E-state index in [1.165, 1.54) is 17.3 Å². The van der Waals surface area contributed by atoms with Crippen molar-refractivity contribution in [1.29, 1.82) is 0 Å². The van der Waals surface area contributed by atoms with Crippen molar-refractivity contribution in [2.75, 3.05) is 0 Å². The van der Waals surface area contributed by atoms with Gasteiger partial charge in [0.15, 0.2) is 5.16 Å². The van der Waals surface area contributed by atoms with Crippen molar-refractivity contribution in [3.8, 4) is 16.5 Å². The lowest BCUT2D eigenvalue weighted by molar-refractivity contribution is 0.509. The molecule has 1 atom stereocenters. The average Bonchev–Trinajstić information content (AvgIpc) is 3.52. The highest BCUT2D eigenvalue weighted by atomic mass is 32.2. The molecule has 32 heavy (non-hydrogen) atoms. The van der Waals surface area contributed by atoms with Crippen molar-refractivity contribution in [3.05, 3.63) is 87.9 Å². The summed E-state index contributed by atoms with van der Waals surface area (Å²) < 4.78 is 7.57. The number of nitrogens with zero attached hydrogens (tertiary/aromatic N) is 4. The predicted molar refractivity (Wildman–Crippen MR) is 129 cm³/mol. The van der Waals surface area contributed by atoms with Gasteiger partial charge in [-0.25, -0.2) is 4.98 Å². The van der Waals surface area contributed by atoms with Gasteiger partial charge in [0, 0.05) is 0 Å². The molecule has 8 heteroatoms. The Morgan fingerprint density at radius 1 is 1.06 bits per heavy atom. The minimum Gasteiger partial charge on any atom is -0.419 e. The molecule has 0 radical (unpaired) electrons. The molecular weight excluding hydrogens is 440 g/mol. The summed E-state index contributed by atoms with van der Waals surface area (Å²) in [5, 5.41) is 11.4. The number of aryl methyl sites for hydroxylation is 1. The van der Waals surface area contributed by atoms with E-state index in [0.717, 1.165) is 17.0 Å². The zero-order valence-corrected chi connectivity index (χ0v) is 19.2. The van der Waals surface area contributed by atoms with E-state index in [0.29, 0.717) is 27.8 Å². The highest BCUT2D eigenvalue weighted by molar-refractivity contribution is 7.99. The van der Waals surface area contributed by atoms with Crippen LogP contribution in [0.2, 0.25) is 0 Å². The van der Waals surface area contributed by atoms with E-state index in [-0.39, 0.29) is 10.8 Å². The fourth-order valence-corrected chi connectivity index (χ4v) is 5.01. The van der Waals surface area contributed by atoms with Crippen LogP contribution in [-0.4, -0.2) is 19.7 Å². The second kappa shape index (κ2) is 8.72. The topological polar surface area (TPSA) is 73.8 Å². The van der Waals surface area contributed by atoms with Crippen molar-refractivity contribution in [1.82, 2.24) is 19.7 Å². The summed E-state index contributed by atoms with van der Waals surface area (Å²) >= 11 is 2.98. The van der Waals surface area contributed by atoms with Crippen LogP contribution in [0.5, 0.6) is 0 Å². The lowest BCUT2D eigenvalue weighted by atomic mass is 10.1. The lowest BCUT2D eigenvalue weighted by Crippen LogP contribution is -2.22. The third-order valence-corrected chi connectivity index (χ3v) is 7.05. The van der Waals surface area contributed by atoms with E-state index in [1.807, 2.05) is 73.0 Å². The number of thiophene rings is 1. The van der Waals surface area contributed by atoms with Gasteiger partial charge in [0.1, 0.15) is 0 Å². The molecule has 0 aliphatic heterocycles. The Bertz CT molecular complexity index is 1420. The third kappa shape index (κ3) is 3.87. The van der Waals surface area contributed by atoms with E-state index in [1.54, 1.807) is 15.9 Å². The summed E-state index contributed by atoms with van der Waals surface area (Å²) in [5.41, 5.74) is 2.56. The van der Waals surface area contributed by atoms with Crippen LogP contribution in [0.15, 0.2) is 80.4 Å². The van der Waals surface area contributed by atoms with E-state index in [9.17, 15) is 4.79 Å². The van der Waals surface area contributed by atoms with Gasteiger partial charge in [-0.2, -0.15) is 0 Å². The first-order valence-corrected chi connectivity index (χ1v) is 12.0. The van der Waals surface area contributed by atoms with Crippen molar-refractivity contribution >= 4 is 34.0 Å². The van der Waals surface area contributed by atoms with Gasteiger partial charge < -0.3 is 4.42 Å². The maximum absolute atomic E-state index is 13.4. The molecule has 5 rings (SSSR count). The monoisotopic (exact) mass is 460 g/mol. The number of para-hydroxylation sites is 1.